The molecule has 4 aliphatic rings. The number of hydrogen-bond donors (Lipinski definition) is 4. The van der Waals surface area contributed by atoms with Crippen molar-refractivity contribution < 1.29 is 32.3 Å². The molecule has 0 aromatic carbocycles. The van der Waals surface area contributed by atoms with E-state index >= 15 is 0 Å². The number of nitrogens with zero attached hydrogens (tertiary/aromatic N) is 1. The van der Waals surface area contributed by atoms with Crippen molar-refractivity contribution in [1.82, 2.24) is 25.0 Å². The van der Waals surface area contributed by atoms with E-state index in [0.29, 0.717) is 32.2 Å². The molecule has 13 heteroatoms. The highest BCUT2D eigenvalue weighted by atomic mass is 32.2. The second kappa shape index (κ2) is 13.3. The quantitative estimate of drug-likeness (QED) is 0.348. The fourth-order valence-electron chi connectivity index (χ4n) is 6.18. The van der Waals surface area contributed by atoms with E-state index in [4.69, 9.17) is 4.74 Å². The van der Waals surface area contributed by atoms with Crippen molar-refractivity contribution in [2.24, 2.45) is 5.92 Å². The number of alkyl carbamates (subject to hydrolysis) is 1. The fraction of sp³-hybridized carbons (Fsp3) is 0.793. The zero-order chi connectivity index (χ0) is 30.5. The molecule has 2 saturated carbocycles. The Morgan fingerprint density at radius 3 is 2.40 bits per heavy atom. The number of ether oxygens (including phenoxy) is 1. The zero-order valence-electron chi connectivity index (χ0n) is 25.1. The first-order valence-electron chi connectivity index (χ1n) is 15.4. The van der Waals surface area contributed by atoms with E-state index in [-0.39, 0.29) is 18.4 Å². The lowest BCUT2D eigenvalue weighted by Crippen LogP contribution is -2.58. The molecule has 2 aliphatic carbocycles. The molecule has 2 heterocycles. The van der Waals surface area contributed by atoms with Crippen LogP contribution in [0.5, 0.6) is 0 Å². The Kier molecular flexibility index (Phi) is 10.2. The van der Waals surface area contributed by atoms with Crippen molar-refractivity contribution >= 4 is 34.0 Å². The standard InChI is InChI=1S/C29H47N5O7S/c1-28(2,3)31-27(38)41-23-17-11-6-4-5-8-13-20-19-29(20,30-24(35)22-16-12-18-34(22)25(23)36)26(37)33-42(39,40)32-21-14-9-7-10-15-21/h8,13,20-23,32H,4-7,9-12,14-19H2,1-3H3,(H,30,35)(H,31,38)(H,33,37)/t20-,22+,23+,29-/m1/s1. The van der Waals surface area contributed by atoms with Crippen LogP contribution in [0.25, 0.3) is 0 Å². The Labute approximate surface area is 249 Å². The van der Waals surface area contributed by atoms with E-state index in [1.807, 2.05) is 32.9 Å². The van der Waals surface area contributed by atoms with Crippen LogP contribution in [0.4, 0.5) is 4.79 Å². The van der Waals surface area contributed by atoms with Gasteiger partial charge in [-0.1, -0.05) is 37.8 Å². The third kappa shape index (κ3) is 8.46. The molecule has 0 bridgehead atoms. The SMILES string of the molecule is CC(C)(C)NC(=O)O[C@H]1CCCCCC=C[C@@H]2C[C@@]2(C(=O)NS(=O)(=O)NC2CCCCC2)NC(=O)[C@@H]2CCCN2C1=O. The van der Waals surface area contributed by atoms with E-state index in [1.165, 1.54) is 4.90 Å². The van der Waals surface area contributed by atoms with Crippen molar-refractivity contribution in [2.45, 2.75) is 134 Å². The maximum Gasteiger partial charge on any atom is 0.408 e. The number of amides is 4. The molecule has 4 amide bonds. The highest BCUT2D eigenvalue weighted by Crippen LogP contribution is 2.45. The normalized spacial score (nSPS) is 29.8. The molecule has 1 saturated heterocycles. The Bertz CT molecular complexity index is 1160. The van der Waals surface area contributed by atoms with Crippen LogP contribution in [0.1, 0.15) is 104 Å². The molecule has 42 heavy (non-hydrogen) atoms. The van der Waals surface area contributed by atoms with Gasteiger partial charge >= 0.3 is 16.3 Å². The van der Waals surface area contributed by atoms with Gasteiger partial charge in [0, 0.05) is 24.0 Å². The van der Waals surface area contributed by atoms with Crippen LogP contribution >= 0.6 is 0 Å². The van der Waals surface area contributed by atoms with E-state index in [1.54, 1.807) is 0 Å². The van der Waals surface area contributed by atoms with Crippen LogP contribution in [0.3, 0.4) is 0 Å². The van der Waals surface area contributed by atoms with Crippen LogP contribution in [-0.2, 0) is 29.3 Å². The predicted octanol–water partition coefficient (Wildman–Crippen LogP) is 2.55. The van der Waals surface area contributed by atoms with Gasteiger partial charge in [0.2, 0.25) is 5.91 Å². The smallest absolute Gasteiger partial charge is 0.408 e. The van der Waals surface area contributed by atoms with Gasteiger partial charge in [0.15, 0.2) is 6.10 Å². The highest BCUT2D eigenvalue weighted by molar-refractivity contribution is 7.88. The number of rotatable bonds is 5. The third-order valence-corrected chi connectivity index (χ3v) is 9.56. The molecule has 0 aromatic heterocycles. The molecule has 4 atom stereocenters. The molecular formula is C29H47N5O7S. The van der Waals surface area contributed by atoms with Gasteiger partial charge in [0.05, 0.1) is 0 Å². The third-order valence-electron chi connectivity index (χ3n) is 8.47. The number of hydrogen-bond acceptors (Lipinski definition) is 7. The number of carbonyl (C=O) groups is 4. The van der Waals surface area contributed by atoms with Crippen LogP contribution in [0, 0.1) is 5.92 Å². The summed E-state index contributed by atoms with van der Waals surface area (Å²) in [6, 6.07) is -1.08. The summed E-state index contributed by atoms with van der Waals surface area (Å²) in [5, 5.41) is 5.56. The van der Waals surface area contributed by atoms with E-state index in [0.717, 1.165) is 51.4 Å². The highest BCUT2D eigenvalue weighted by Gasteiger charge is 2.61. The topological polar surface area (TPSA) is 163 Å². The molecular weight excluding hydrogens is 562 g/mol. The number of fused-ring (bicyclic) bond motifs is 2. The second-order valence-electron chi connectivity index (χ2n) is 13.2. The molecule has 0 unspecified atom stereocenters. The Morgan fingerprint density at radius 2 is 1.69 bits per heavy atom. The minimum Gasteiger partial charge on any atom is -0.436 e. The fourth-order valence-corrected chi connectivity index (χ4v) is 7.34. The summed E-state index contributed by atoms with van der Waals surface area (Å²) in [5.41, 5.74) is -1.97. The van der Waals surface area contributed by atoms with Gasteiger partial charge in [-0.3, -0.25) is 14.4 Å². The minimum absolute atomic E-state index is 0.224. The van der Waals surface area contributed by atoms with E-state index < -0.39 is 57.2 Å². The first-order chi connectivity index (χ1) is 19.8. The predicted molar refractivity (Wildman–Crippen MR) is 156 cm³/mol. The monoisotopic (exact) mass is 609 g/mol. The first-order valence-corrected chi connectivity index (χ1v) is 16.9. The number of carbonyl (C=O) groups excluding carboxylic acids is 4. The van der Waals surface area contributed by atoms with Crippen molar-refractivity contribution in [3.63, 3.8) is 0 Å². The molecule has 0 aromatic rings. The van der Waals surface area contributed by atoms with E-state index in [9.17, 15) is 27.6 Å². The summed E-state index contributed by atoms with van der Waals surface area (Å²) >= 11 is 0. The van der Waals surface area contributed by atoms with Crippen LogP contribution < -0.4 is 20.1 Å². The average molecular weight is 610 g/mol. The van der Waals surface area contributed by atoms with Gasteiger partial charge in [-0.2, -0.15) is 13.1 Å². The van der Waals surface area contributed by atoms with Gasteiger partial charge < -0.3 is 20.3 Å². The molecule has 0 spiro atoms. The largest absolute Gasteiger partial charge is 0.436 e. The Morgan fingerprint density at radius 1 is 1.00 bits per heavy atom. The minimum atomic E-state index is -4.13. The number of allylic oxidation sites excluding steroid dienone is 1. The lowest BCUT2D eigenvalue weighted by Gasteiger charge is -2.30. The molecule has 12 nitrogen and oxygen atoms in total. The van der Waals surface area contributed by atoms with Crippen LogP contribution in [-0.4, -0.2) is 72.9 Å². The van der Waals surface area contributed by atoms with Crippen molar-refractivity contribution in [3.05, 3.63) is 12.2 Å². The van der Waals surface area contributed by atoms with Crippen LogP contribution in [0.15, 0.2) is 12.2 Å². The maximum atomic E-state index is 13.7. The van der Waals surface area contributed by atoms with Gasteiger partial charge in [-0.05, 0) is 78.6 Å². The maximum absolute atomic E-state index is 13.7. The van der Waals surface area contributed by atoms with Gasteiger partial charge in [0.25, 0.3) is 11.8 Å². The molecule has 0 radical (unpaired) electrons. The molecule has 4 rings (SSSR count). The van der Waals surface area contributed by atoms with Crippen molar-refractivity contribution in [3.8, 4) is 0 Å². The first kappa shape index (κ1) is 32.2. The molecule has 3 fully saturated rings. The molecule has 2 aliphatic heterocycles. The summed E-state index contributed by atoms with van der Waals surface area (Å²) < 4.78 is 36.1. The summed E-state index contributed by atoms with van der Waals surface area (Å²) in [5.74, 6) is -2.10. The number of nitrogens with one attached hydrogen (secondary N) is 4. The van der Waals surface area contributed by atoms with Crippen molar-refractivity contribution in [1.29, 1.82) is 0 Å². The van der Waals surface area contributed by atoms with Gasteiger partial charge in [0.1, 0.15) is 11.6 Å². The average Bonchev–Trinajstić information content (AvgIpc) is 3.35. The second-order valence-corrected chi connectivity index (χ2v) is 14.6. The Balaban J connectivity index is 1.51. The zero-order valence-corrected chi connectivity index (χ0v) is 25.9. The lowest BCUT2D eigenvalue weighted by atomic mass is 9.96. The van der Waals surface area contributed by atoms with Gasteiger partial charge in [-0.25, -0.2) is 9.52 Å². The molecule has 236 valence electrons. The summed E-state index contributed by atoms with van der Waals surface area (Å²) in [4.78, 5) is 54.8. The lowest BCUT2D eigenvalue weighted by molar-refractivity contribution is -0.146. The summed E-state index contributed by atoms with van der Waals surface area (Å²) in [6.07, 6.45) is 11.0. The van der Waals surface area contributed by atoms with E-state index in [2.05, 4.69) is 20.1 Å². The van der Waals surface area contributed by atoms with Gasteiger partial charge in [-0.15, -0.1) is 0 Å². The summed E-state index contributed by atoms with van der Waals surface area (Å²) in [7, 11) is -4.13. The van der Waals surface area contributed by atoms with Crippen molar-refractivity contribution in [2.75, 3.05) is 6.54 Å². The Hall–Kier alpha value is -2.67. The summed E-state index contributed by atoms with van der Waals surface area (Å²) in [6.45, 7) is 5.76. The van der Waals surface area contributed by atoms with Crippen LogP contribution in [0.2, 0.25) is 0 Å². The molecule has 4 N–H and O–H groups in total.